The van der Waals surface area contributed by atoms with E-state index in [0.29, 0.717) is 0 Å². The molecule has 24 heavy (non-hydrogen) atoms. The maximum Gasteiger partial charge on any atom is 0.573 e. The van der Waals surface area contributed by atoms with Crippen molar-refractivity contribution in [2.75, 3.05) is 4.72 Å². The normalized spacial score (nSPS) is 12.1. The van der Waals surface area contributed by atoms with Gasteiger partial charge in [0.2, 0.25) is 0 Å². The molecule has 10 heteroatoms. The summed E-state index contributed by atoms with van der Waals surface area (Å²) in [4.78, 5) is -0.736. The van der Waals surface area contributed by atoms with Crippen molar-refractivity contribution < 1.29 is 30.7 Å². The highest BCUT2D eigenvalue weighted by atomic mass is 35.5. The number of rotatable bonds is 4. The standard InChI is InChI=1S/C14H10ClF4NO3S/c1-8-6-11(9(15)7-10(8)16)20-24(21,22)13-5-3-2-4-12(13)23-14(17,18)19/h2-7,20H,1H3. The zero-order chi connectivity index (χ0) is 18.1. The Hall–Kier alpha value is -2.00. The second-order valence-corrected chi connectivity index (χ2v) is 6.74. The molecule has 0 atom stereocenters. The van der Waals surface area contributed by atoms with Gasteiger partial charge in [-0.15, -0.1) is 13.2 Å². The molecule has 2 aromatic rings. The molecule has 2 rings (SSSR count). The summed E-state index contributed by atoms with van der Waals surface area (Å²) < 4.78 is 81.0. The topological polar surface area (TPSA) is 55.4 Å². The number of nitrogens with one attached hydrogen (secondary N) is 1. The van der Waals surface area contributed by atoms with Gasteiger partial charge in [0.15, 0.2) is 0 Å². The Kier molecular flexibility index (Phi) is 4.95. The van der Waals surface area contributed by atoms with Gasteiger partial charge in [-0.05, 0) is 36.8 Å². The third kappa shape index (κ3) is 4.30. The number of alkyl halides is 3. The molecule has 0 bridgehead atoms. The van der Waals surface area contributed by atoms with Crippen molar-refractivity contribution >= 4 is 27.3 Å². The monoisotopic (exact) mass is 383 g/mol. The minimum absolute atomic E-state index is 0.108. The zero-order valence-electron chi connectivity index (χ0n) is 12.0. The fourth-order valence-electron chi connectivity index (χ4n) is 1.82. The number of hydrogen-bond donors (Lipinski definition) is 1. The summed E-state index contributed by atoms with van der Waals surface area (Å²) in [5, 5.41) is -0.240. The smallest absolute Gasteiger partial charge is 0.404 e. The lowest BCUT2D eigenvalue weighted by molar-refractivity contribution is -0.275. The van der Waals surface area contributed by atoms with Gasteiger partial charge >= 0.3 is 6.36 Å². The fourth-order valence-corrected chi connectivity index (χ4v) is 3.27. The van der Waals surface area contributed by atoms with Crippen molar-refractivity contribution in [1.29, 1.82) is 0 Å². The molecule has 0 saturated carbocycles. The fraction of sp³-hybridized carbons (Fsp3) is 0.143. The van der Waals surface area contributed by atoms with E-state index in [1.165, 1.54) is 19.1 Å². The van der Waals surface area contributed by atoms with Crippen molar-refractivity contribution in [3.8, 4) is 5.75 Å². The van der Waals surface area contributed by atoms with Gasteiger partial charge in [0.1, 0.15) is 16.5 Å². The van der Waals surface area contributed by atoms with Crippen LogP contribution in [-0.4, -0.2) is 14.8 Å². The van der Waals surface area contributed by atoms with E-state index in [-0.39, 0.29) is 16.3 Å². The van der Waals surface area contributed by atoms with Gasteiger partial charge in [0.25, 0.3) is 10.0 Å². The van der Waals surface area contributed by atoms with Crippen LogP contribution in [0.15, 0.2) is 41.3 Å². The average Bonchev–Trinajstić information content (AvgIpc) is 2.43. The summed E-state index contributed by atoms with van der Waals surface area (Å²) >= 11 is 5.76. The molecule has 0 radical (unpaired) electrons. The molecule has 130 valence electrons. The van der Waals surface area contributed by atoms with Crippen molar-refractivity contribution in [1.82, 2.24) is 0 Å². The van der Waals surface area contributed by atoms with E-state index in [2.05, 4.69) is 4.74 Å². The van der Waals surface area contributed by atoms with Crippen LogP contribution in [0.3, 0.4) is 0 Å². The molecule has 0 aliphatic carbocycles. The van der Waals surface area contributed by atoms with E-state index in [1.807, 2.05) is 4.72 Å². The molecule has 0 aliphatic rings. The van der Waals surface area contributed by atoms with Gasteiger partial charge in [-0.3, -0.25) is 4.72 Å². The summed E-state index contributed by atoms with van der Waals surface area (Å²) in [5.74, 6) is -1.55. The van der Waals surface area contributed by atoms with E-state index in [9.17, 15) is 26.0 Å². The van der Waals surface area contributed by atoms with E-state index in [4.69, 9.17) is 11.6 Å². The van der Waals surface area contributed by atoms with Crippen molar-refractivity contribution in [2.45, 2.75) is 18.2 Å². The first-order valence-corrected chi connectivity index (χ1v) is 8.19. The minimum Gasteiger partial charge on any atom is -0.404 e. The summed E-state index contributed by atoms with van der Waals surface area (Å²) in [6.45, 7) is 1.38. The molecule has 0 saturated heterocycles. The van der Waals surface area contributed by atoms with Crippen molar-refractivity contribution in [3.05, 3.63) is 52.8 Å². The molecule has 0 spiro atoms. The van der Waals surface area contributed by atoms with Crippen molar-refractivity contribution in [3.63, 3.8) is 0 Å². The number of anilines is 1. The highest BCUT2D eigenvalue weighted by Crippen LogP contribution is 2.32. The van der Waals surface area contributed by atoms with Gasteiger partial charge in [0.05, 0.1) is 10.7 Å². The van der Waals surface area contributed by atoms with Crippen LogP contribution in [0.2, 0.25) is 5.02 Å². The van der Waals surface area contributed by atoms with Crippen LogP contribution in [0.5, 0.6) is 5.75 Å². The second-order valence-electron chi connectivity index (χ2n) is 4.68. The molecule has 0 heterocycles. The minimum atomic E-state index is -5.06. The molecular formula is C14H10ClF4NO3S. The maximum atomic E-state index is 13.4. The number of benzene rings is 2. The quantitative estimate of drug-likeness (QED) is 0.792. The molecule has 0 aliphatic heterocycles. The number of halogens is 5. The number of hydrogen-bond acceptors (Lipinski definition) is 3. The summed E-state index contributed by atoms with van der Waals surface area (Å²) in [7, 11) is -4.45. The number of para-hydroxylation sites is 1. The maximum absolute atomic E-state index is 13.4. The molecule has 0 aromatic heterocycles. The van der Waals surface area contributed by atoms with E-state index >= 15 is 0 Å². The second kappa shape index (κ2) is 6.48. The summed E-state index contributed by atoms with van der Waals surface area (Å²) in [5.41, 5.74) is -0.0608. The van der Waals surface area contributed by atoms with E-state index < -0.39 is 32.8 Å². The van der Waals surface area contributed by atoms with E-state index in [1.54, 1.807) is 0 Å². The Balaban J connectivity index is 2.44. The van der Waals surface area contributed by atoms with Gasteiger partial charge in [-0.1, -0.05) is 23.7 Å². The Morgan fingerprint density at radius 2 is 1.79 bits per heavy atom. The highest BCUT2D eigenvalue weighted by molar-refractivity contribution is 7.92. The van der Waals surface area contributed by atoms with Gasteiger partial charge in [-0.2, -0.15) is 0 Å². The van der Waals surface area contributed by atoms with Crippen LogP contribution in [-0.2, 0) is 10.0 Å². The van der Waals surface area contributed by atoms with Gasteiger partial charge in [-0.25, -0.2) is 12.8 Å². The Morgan fingerprint density at radius 3 is 2.42 bits per heavy atom. The molecular weight excluding hydrogens is 374 g/mol. The number of ether oxygens (including phenoxy) is 1. The summed E-state index contributed by atoms with van der Waals surface area (Å²) in [6, 6.07) is 6.24. The van der Waals surface area contributed by atoms with Crippen LogP contribution in [0.4, 0.5) is 23.2 Å². The number of sulfonamides is 1. The largest absolute Gasteiger partial charge is 0.573 e. The van der Waals surface area contributed by atoms with Gasteiger partial charge in [0, 0.05) is 0 Å². The Bertz CT molecular complexity index is 869. The lowest BCUT2D eigenvalue weighted by Gasteiger charge is -2.15. The molecule has 1 N–H and O–H groups in total. The highest BCUT2D eigenvalue weighted by Gasteiger charge is 2.34. The zero-order valence-corrected chi connectivity index (χ0v) is 13.6. The molecule has 4 nitrogen and oxygen atoms in total. The van der Waals surface area contributed by atoms with Crippen LogP contribution < -0.4 is 9.46 Å². The third-order valence-corrected chi connectivity index (χ3v) is 4.57. The van der Waals surface area contributed by atoms with Gasteiger partial charge < -0.3 is 4.74 Å². The first-order valence-electron chi connectivity index (χ1n) is 6.33. The SMILES string of the molecule is Cc1cc(NS(=O)(=O)c2ccccc2OC(F)(F)F)c(Cl)cc1F. The van der Waals surface area contributed by atoms with E-state index in [0.717, 1.165) is 24.3 Å². The lowest BCUT2D eigenvalue weighted by atomic mass is 10.2. The predicted molar refractivity (Wildman–Crippen MR) is 80.1 cm³/mol. The lowest BCUT2D eigenvalue weighted by Crippen LogP contribution is -2.21. The number of aryl methyl sites for hydroxylation is 1. The first kappa shape index (κ1) is 18.3. The first-order chi connectivity index (χ1) is 11.0. The summed E-state index contributed by atoms with van der Waals surface area (Å²) in [6.07, 6.45) is -5.06. The van der Waals surface area contributed by atoms with Crippen LogP contribution >= 0.6 is 11.6 Å². The molecule has 0 fully saturated rings. The van der Waals surface area contributed by atoms with Crippen LogP contribution in [0.1, 0.15) is 5.56 Å². The van der Waals surface area contributed by atoms with Crippen LogP contribution in [0, 0.1) is 12.7 Å². The van der Waals surface area contributed by atoms with Crippen LogP contribution in [0.25, 0.3) is 0 Å². The molecule has 0 unspecified atom stereocenters. The molecule has 2 aromatic carbocycles. The Labute approximate surface area is 140 Å². The molecule has 0 amide bonds. The Morgan fingerprint density at radius 1 is 1.17 bits per heavy atom. The average molecular weight is 384 g/mol. The predicted octanol–water partition coefficient (Wildman–Crippen LogP) is 4.49. The third-order valence-electron chi connectivity index (χ3n) is 2.86. The van der Waals surface area contributed by atoms with Crippen molar-refractivity contribution in [2.24, 2.45) is 0 Å².